The molecule has 0 aromatic carbocycles. The number of rotatable bonds is 2. The molecule has 0 radical (unpaired) electrons. The summed E-state index contributed by atoms with van der Waals surface area (Å²) in [6, 6.07) is -0.959. The molecular formula is C15H11F12N. The third-order valence-electron chi connectivity index (χ3n) is 4.52. The predicted octanol–water partition coefficient (Wildman–Crippen LogP) is 6.46. The van der Waals surface area contributed by atoms with Crippen LogP contribution in [0.15, 0.2) is 21.7 Å². The predicted molar refractivity (Wildman–Crippen MR) is 71.5 cm³/mol. The van der Waals surface area contributed by atoms with Gasteiger partial charge in [0.25, 0.3) is 0 Å². The molecule has 0 bridgehead atoms. The van der Waals surface area contributed by atoms with Crippen molar-refractivity contribution in [2.75, 3.05) is 0 Å². The first-order valence-electron chi connectivity index (χ1n) is 7.82. The van der Waals surface area contributed by atoms with E-state index in [1.54, 1.807) is 0 Å². The van der Waals surface area contributed by atoms with E-state index in [0.717, 1.165) is 5.87 Å². The van der Waals surface area contributed by atoms with E-state index in [1.165, 1.54) is 0 Å². The lowest BCUT2D eigenvalue weighted by molar-refractivity contribution is -0.211. The largest absolute Gasteiger partial charge is 0.422 e. The smallest absolute Gasteiger partial charge is 0.239 e. The summed E-state index contributed by atoms with van der Waals surface area (Å²) in [7, 11) is 0. The molecule has 0 amide bonds. The summed E-state index contributed by atoms with van der Waals surface area (Å²) >= 11 is 0. The molecule has 0 spiro atoms. The highest BCUT2D eigenvalue weighted by Crippen LogP contribution is 2.75. The highest BCUT2D eigenvalue weighted by Gasteiger charge is 2.86. The number of aliphatic imine (C=N–C) groups is 1. The van der Waals surface area contributed by atoms with Crippen LogP contribution < -0.4 is 0 Å². The minimum atomic E-state index is -6.55. The molecule has 0 aromatic rings. The standard InChI is InChI=1S/C15H11F12N/c16-12(17,18)8(6-28-7-4-2-1-3-5-7)11(15(25,26)27)9(13(19,20)21)10(11)14(22,23)24/h7H,1-5H2. The monoisotopic (exact) mass is 433 g/mol. The Morgan fingerprint density at radius 3 is 1.50 bits per heavy atom. The summed E-state index contributed by atoms with van der Waals surface area (Å²) in [5, 5.41) is 0. The lowest BCUT2D eigenvalue weighted by Crippen LogP contribution is -2.41. The molecule has 0 heterocycles. The van der Waals surface area contributed by atoms with Crippen LogP contribution >= 0.6 is 0 Å². The van der Waals surface area contributed by atoms with E-state index in [9.17, 15) is 52.7 Å². The van der Waals surface area contributed by atoms with E-state index in [4.69, 9.17) is 0 Å². The van der Waals surface area contributed by atoms with Gasteiger partial charge in [0.1, 0.15) is 5.57 Å². The summed E-state index contributed by atoms with van der Waals surface area (Å²) in [6.07, 6.45) is -23.4. The number of allylic oxidation sites excluding steroid dienone is 3. The Labute approximate surface area is 149 Å². The SMILES string of the molecule is FC(F)(F)C(=C=NC1CCCCC1)C1(C(F)(F)F)C(C(F)(F)F)=C1C(F)(F)F. The van der Waals surface area contributed by atoms with E-state index in [-0.39, 0.29) is 12.8 Å². The number of hydrogen-bond donors (Lipinski definition) is 0. The summed E-state index contributed by atoms with van der Waals surface area (Å²) in [4.78, 5) is 3.13. The molecule has 0 saturated heterocycles. The Balaban J connectivity index is 2.74. The molecule has 160 valence electrons. The highest BCUT2D eigenvalue weighted by molar-refractivity contribution is 5.75. The zero-order chi connectivity index (χ0) is 21.8. The van der Waals surface area contributed by atoms with Crippen LogP contribution in [0.4, 0.5) is 52.7 Å². The van der Waals surface area contributed by atoms with Crippen LogP contribution in [0, 0.1) is 5.41 Å². The van der Waals surface area contributed by atoms with Crippen LogP contribution in [-0.2, 0) is 0 Å². The number of alkyl halides is 12. The van der Waals surface area contributed by atoms with Crippen LogP contribution in [0.2, 0.25) is 0 Å². The fourth-order valence-electron chi connectivity index (χ4n) is 3.39. The van der Waals surface area contributed by atoms with Crippen molar-refractivity contribution in [3.63, 3.8) is 0 Å². The molecule has 1 saturated carbocycles. The molecule has 0 unspecified atom stereocenters. The summed E-state index contributed by atoms with van der Waals surface area (Å²) in [6.45, 7) is 0. The van der Waals surface area contributed by atoms with E-state index in [1.807, 2.05) is 0 Å². The average molecular weight is 433 g/mol. The molecule has 0 atom stereocenters. The zero-order valence-electron chi connectivity index (χ0n) is 13.6. The fraction of sp³-hybridized carbons (Fsp3) is 0.733. The van der Waals surface area contributed by atoms with Crippen LogP contribution in [0.5, 0.6) is 0 Å². The molecule has 0 aliphatic heterocycles. The van der Waals surface area contributed by atoms with Gasteiger partial charge in [0, 0.05) is 0 Å². The minimum absolute atomic E-state index is 0.142. The molecule has 13 heteroatoms. The topological polar surface area (TPSA) is 12.4 Å². The summed E-state index contributed by atoms with van der Waals surface area (Å²) < 4.78 is 157. The van der Waals surface area contributed by atoms with Crippen molar-refractivity contribution in [3.8, 4) is 0 Å². The van der Waals surface area contributed by atoms with E-state index < -0.39 is 52.9 Å². The fourth-order valence-corrected chi connectivity index (χ4v) is 3.39. The van der Waals surface area contributed by atoms with Crippen LogP contribution in [0.25, 0.3) is 0 Å². The van der Waals surface area contributed by atoms with E-state index >= 15 is 0 Å². The number of halogens is 12. The number of hydrogen-bond acceptors (Lipinski definition) is 1. The van der Waals surface area contributed by atoms with Crippen LogP contribution in [0.3, 0.4) is 0 Å². The van der Waals surface area contributed by atoms with Crippen molar-refractivity contribution in [2.45, 2.75) is 62.9 Å². The van der Waals surface area contributed by atoms with Gasteiger partial charge >= 0.3 is 24.7 Å². The van der Waals surface area contributed by atoms with Gasteiger partial charge in [0.05, 0.1) is 17.2 Å². The molecule has 2 rings (SSSR count). The Bertz CT molecular complexity index is 679. The van der Waals surface area contributed by atoms with Gasteiger partial charge < -0.3 is 0 Å². The number of nitrogens with zero attached hydrogens (tertiary/aromatic N) is 1. The first kappa shape index (κ1) is 22.6. The Kier molecular flexibility index (Phi) is 5.42. The van der Waals surface area contributed by atoms with Crippen molar-refractivity contribution in [2.24, 2.45) is 10.4 Å². The second-order valence-electron chi connectivity index (χ2n) is 6.40. The summed E-state index contributed by atoms with van der Waals surface area (Å²) in [5.74, 6) is 0.898. The van der Waals surface area contributed by atoms with Gasteiger partial charge in [-0.2, -0.15) is 52.7 Å². The van der Waals surface area contributed by atoms with Gasteiger partial charge in [-0.3, -0.25) is 0 Å². The van der Waals surface area contributed by atoms with Gasteiger partial charge in [-0.25, -0.2) is 4.99 Å². The van der Waals surface area contributed by atoms with E-state index in [2.05, 4.69) is 4.99 Å². The zero-order valence-corrected chi connectivity index (χ0v) is 13.6. The second kappa shape index (κ2) is 6.70. The first-order chi connectivity index (χ1) is 12.4. The first-order valence-corrected chi connectivity index (χ1v) is 7.82. The van der Waals surface area contributed by atoms with Gasteiger partial charge in [0.2, 0.25) is 0 Å². The average Bonchev–Trinajstić information content (AvgIpc) is 3.19. The third kappa shape index (κ3) is 3.90. The van der Waals surface area contributed by atoms with E-state index in [0.29, 0.717) is 19.3 Å². The third-order valence-corrected chi connectivity index (χ3v) is 4.52. The molecule has 1 fully saturated rings. The molecule has 2 aliphatic rings. The maximum atomic E-state index is 13.4. The van der Waals surface area contributed by atoms with Gasteiger partial charge in [-0.15, -0.1) is 0 Å². The lowest BCUT2D eigenvalue weighted by Gasteiger charge is -2.27. The molecule has 0 aromatic heterocycles. The Morgan fingerprint density at radius 1 is 0.750 bits per heavy atom. The highest BCUT2D eigenvalue weighted by atomic mass is 19.4. The van der Waals surface area contributed by atoms with Crippen LogP contribution in [-0.4, -0.2) is 36.6 Å². The minimum Gasteiger partial charge on any atom is -0.239 e. The van der Waals surface area contributed by atoms with Crippen molar-refractivity contribution >= 4 is 5.87 Å². The van der Waals surface area contributed by atoms with Crippen LogP contribution in [0.1, 0.15) is 32.1 Å². The maximum absolute atomic E-state index is 13.4. The Morgan fingerprint density at radius 2 is 1.18 bits per heavy atom. The van der Waals surface area contributed by atoms with Crippen molar-refractivity contribution in [1.82, 2.24) is 0 Å². The maximum Gasteiger partial charge on any atom is 0.422 e. The normalized spacial score (nSPS) is 21.4. The second-order valence-corrected chi connectivity index (χ2v) is 6.40. The molecule has 2 aliphatic carbocycles. The molecule has 28 heavy (non-hydrogen) atoms. The quantitative estimate of drug-likeness (QED) is 0.269. The lowest BCUT2D eigenvalue weighted by atomic mass is 9.86. The van der Waals surface area contributed by atoms with Gasteiger partial charge in [0.15, 0.2) is 5.41 Å². The Hall–Kier alpha value is -1.65. The molecule has 1 nitrogen and oxygen atoms in total. The van der Waals surface area contributed by atoms with Crippen molar-refractivity contribution < 1.29 is 52.7 Å². The van der Waals surface area contributed by atoms with Crippen molar-refractivity contribution in [1.29, 1.82) is 0 Å². The van der Waals surface area contributed by atoms with Gasteiger partial charge in [-0.1, -0.05) is 19.3 Å². The molecule has 0 N–H and O–H groups in total. The van der Waals surface area contributed by atoms with Gasteiger partial charge in [-0.05, 0) is 18.7 Å². The van der Waals surface area contributed by atoms with Crippen molar-refractivity contribution in [3.05, 3.63) is 16.7 Å². The summed E-state index contributed by atoms with van der Waals surface area (Å²) in [5.41, 5.74) is -15.2. The molecular weight excluding hydrogens is 422 g/mol.